The van der Waals surface area contributed by atoms with Gasteiger partial charge in [0.2, 0.25) is 0 Å². The number of benzene rings is 1. The maximum absolute atomic E-state index is 12.3. The van der Waals surface area contributed by atoms with E-state index in [1.807, 2.05) is 25.1 Å². The molecular formula is C13H17N3O3S2. The van der Waals surface area contributed by atoms with Gasteiger partial charge in [-0.3, -0.25) is 4.79 Å². The van der Waals surface area contributed by atoms with E-state index in [9.17, 15) is 13.2 Å². The summed E-state index contributed by atoms with van der Waals surface area (Å²) in [5.41, 5.74) is 1.26. The van der Waals surface area contributed by atoms with E-state index < -0.39 is 10.0 Å². The minimum Gasteiger partial charge on any atom is -0.378 e. The fourth-order valence-corrected chi connectivity index (χ4v) is 3.87. The maximum atomic E-state index is 12.3. The van der Waals surface area contributed by atoms with E-state index in [0.29, 0.717) is 5.69 Å². The topological polar surface area (TPSA) is 78.8 Å². The van der Waals surface area contributed by atoms with Crippen LogP contribution in [0.2, 0.25) is 0 Å². The van der Waals surface area contributed by atoms with E-state index in [4.69, 9.17) is 0 Å². The third-order valence-corrected chi connectivity index (χ3v) is 5.60. The number of rotatable bonds is 3. The molecule has 0 radical (unpaired) electrons. The van der Waals surface area contributed by atoms with Crippen LogP contribution in [0.4, 0.5) is 11.4 Å². The highest BCUT2D eigenvalue weighted by Gasteiger charge is 2.27. The molecule has 0 spiro atoms. The third-order valence-electron chi connectivity index (χ3n) is 3.07. The molecule has 0 saturated carbocycles. The van der Waals surface area contributed by atoms with Crippen molar-refractivity contribution in [2.75, 3.05) is 24.3 Å². The molecule has 0 fully saturated rings. The molecule has 1 aliphatic heterocycles. The van der Waals surface area contributed by atoms with Gasteiger partial charge >= 0.3 is 0 Å². The molecule has 0 amide bonds. The van der Waals surface area contributed by atoms with Gasteiger partial charge in [-0.05, 0) is 32.0 Å². The summed E-state index contributed by atoms with van der Waals surface area (Å²) in [5.74, 6) is -0.0318. The van der Waals surface area contributed by atoms with Gasteiger partial charge in [0.05, 0.1) is 10.9 Å². The lowest BCUT2D eigenvalue weighted by Gasteiger charge is -2.21. The van der Waals surface area contributed by atoms with Crippen molar-refractivity contribution in [2.24, 2.45) is 4.40 Å². The number of nitrogens with zero attached hydrogens (tertiary/aromatic N) is 2. The zero-order chi connectivity index (χ0) is 15.8. The van der Waals surface area contributed by atoms with Gasteiger partial charge in [0, 0.05) is 19.8 Å². The number of nitrogens with one attached hydrogen (secondary N) is 1. The van der Waals surface area contributed by atoms with Crippen LogP contribution >= 0.6 is 11.8 Å². The van der Waals surface area contributed by atoms with E-state index in [1.165, 1.54) is 6.92 Å². The molecule has 21 heavy (non-hydrogen) atoms. The molecule has 1 N–H and O–H groups in total. The molecule has 2 rings (SSSR count). The molecule has 1 heterocycles. The number of Topliss-reactive ketones (excluding diaryl/α,β-unsaturated/α-hetero) is 1. The molecule has 0 aromatic heterocycles. The number of fused-ring (bicyclic) bond motifs is 1. The smallest absolute Gasteiger partial charge is 0.286 e. The maximum Gasteiger partial charge on any atom is 0.286 e. The molecule has 1 unspecified atom stereocenters. The van der Waals surface area contributed by atoms with Crippen molar-refractivity contribution >= 4 is 44.1 Å². The Balaban J connectivity index is 2.38. The van der Waals surface area contributed by atoms with Gasteiger partial charge in [0.15, 0.2) is 5.17 Å². The predicted octanol–water partition coefficient (Wildman–Crippen LogP) is 1.93. The van der Waals surface area contributed by atoms with Crippen LogP contribution in [-0.2, 0) is 14.8 Å². The molecular weight excluding hydrogens is 310 g/mol. The van der Waals surface area contributed by atoms with Gasteiger partial charge < -0.3 is 10.2 Å². The van der Waals surface area contributed by atoms with Gasteiger partial charge in [-0.1, -0.05) is 11.8 Å². The summed E-state index contributed by atoms with van der Waals surface area (Å²) in [4.78, 5) is 13.3. The van der Waals surface area contributed by atoms with E-state index >= 15 is 0 Å². The lowest BCUT2D eigenvalue weighted by Crippen LogP contribution is -2.23. The van der Waals surface area contributed by atoms with E-state index in [-0.39, 0.29) is 21.1 Å². The second-order valence-electron chi connectivity index (χ2n) is 4.94. The van der Waals surface area contributed by atoms with Crippen LogP contribution in [-0.4, -0.2) is 38.7 Å². The lowest BCUT2D eigenvalue weighted by atomic mass is 10.2. The van der Waals surface area contributed by atoms with E-state index in [0.717, 1.165) is 17.4 Å². The number of amidine groups is 1. The Kier molecular flexibility index (Phi) is 4.29. The first kappa shape index (κ1) is 15.8. The molecule has 1 aliphatic rings. The Hall–Kier alpha value is -1.54. The van der Waals surface area contributed by atoms with Crippen LogP contribution < -0.4 is 10.2 Å². The third kappa shape index (κ3) is 3.38. The molecule has 0 aliphatic carbocycles. The molecule has 114 valence electrons. The summed E-state index contributed by atoms with van der Waals surface area (Å²) >= 11 is 1.10. The summed E-state index contributed by atoms with van der Waals surface area (Å²) in [6.07, 6.45) is 0. The van der Waals surface area contributed by atoms with E-state index in [2.05, 4.69) is 9.71 Å². The Bertz CT molecular complexity index is 711. The molecule has 6 nitrogen and oxygen atoms in total. The fraction of sp³-hybridized carbons (Fsp3) is 0.385. The zero-order valence-corrected chi connectivity index (χ0v) is 13.9. The first-order chi connectivity index (χ1) is 9.70. The number of anilines is 2. The normalized spacial score (nSPS) is 17.2. The molecule has 1 aromatic carbocycles. The van der Waals surface area contributed by atoms with Crippen molar-refractivity contribution in [1.29, 1.82) is 0 Å². The standard InChI is InChI=1S/C13H17N3O3S2/c1-8(17)9(2)20-13-14-11-6-5-10(16(3)4)7-12(11)21(18,19)15-13/h5-7,9H,1-4H3,(H,14,15). The molecule has 0 saturated heterocycles. The Morgan fingerprint density at radius 3 is 2.62 bits per heavy atom. The summed E-state index contributed by atoms with van der Waals surface area (Å²) in [6, 6.07) is 5.11. The van der Waals surface area contributed by atoms with Crippen LogP contribution in [0.15, 0.2) is 27.5 Å². The monoisotopic (exact) mass is 327 g/mol. The van der Waals surface area contributed by atoms with Crippen LogP contribution in [0.25, 0.3) is 0 Å². The highest BCUT2D eigenvalue weighted by Crippen LogP contribution is 2.33. The van der Waals surface area contributed by atoms with Crippen molar-refractivity contribution in [3.8, 4) is 0 Å². The van der Waals surface area contributed by atoms with Gasteiger partial charge in [-0.2, -0.15) is 8.42 Å². The van der Waals surface area contributed by atoms with E-state index in [1.54, 1.807) is 19.1 Å². The SMILES string of the molecule is CC(=O)C(C)SC1=NS(=O)(=O)c2cc(N(C)C)ccc2N1. The summed E-state index contributed by atoms with van der Waals surface area (Å²) in [5, 5.41) is 2.84. The fourth-order valence-electron chi connectivity index (χ4n) is 1.70. The minimum atomic E-state index is -3.75. The van der Waals surface area contributed by atoms with Crippen molar-refractivity contribution in [1.82, 2.24) is 0 Å². The summed E-state index contributed by atoms with van der Waals surface area (Å²) in [7, 11) is -0.0779. The lowest BCUT2D eigenvalue weighted by molar-refractivity contribution is -0.116. The first-order valence-electron chi connectivity index (χ1n) is 6.31. The van der Waals surface area contributed by atoms with Gasteiger partial charge in [0.1, 0.15) is 10.7 Å². The van der Waals surface area contributed by atoms with Crippen molar-refractivity contribution < 1.29 is 13.2 Å². The second kappa shape index (κ2) is 5.69. The minimum absolute atomic E-state index is 0.0318. The van der Waals surface area contributed by atoms with Crippen molar-refractivity contribution in [2.45, 2.75) is 24.0 Å². The largest absolute Gasteiger partial charge is 0.378 e. The van der Waals surface area contributed by atoms with Crippen molar-refractivity contribution in [3.63, 3.8) is 0 Å². The number of thioether (sulfide) groups is 1. The van der Waals surface area contributed by atoms with Crippen LogP contribution in [0.1, 0.15) is 13.8 Å². The van der Waals surface area contributed by atoms with Gasteiger partial charge in [-0.15, -0.1) is 4.40 Å². The number of sulfonamides is 1. The molecule has 1 aromatic rings. The number of carbonyl (C=O) groups is 1. The first-order valence-corrected chi connectivity index (χ1v) is 8.63. The van der Waals surface area contributed by atoms with Crippen LogP contribution in [0.3, 0.4) is 0 Å². The molecule has 1 atom stereocenters. The van der Waals surface area contributed by atoms with Crippen LogP contribution in [0.5, 0.6) is 0 Å². The highest BCUT2D eigenvalue weighted by molar-refractivity contribution is 8.15. The average molecular weight is 327 g/mol. The molecule has 8 heteroatoms. The Morgan fingerprint density at radius 1 is 1.38 bits per heavy atom. The van der Waals surface area contributed by atoms with Gasteiger partial charge in [0.25, 0.3) is 10.0 Å². The van der Waals surface area contributed by atoms with Gasteiger partial charge in [-0.25, -0.2) is 0 Å². The van der Waals surface area contributed by atoms with Crippen LogP contribution in [0, 0.1) is 0 Å². The number of carbonyl (C=O) groups excluding carboxylic acids is 1. The molecule has 0 bridgehead atoms. The number of ketones is 1. The zero-order valence-electron chi connectivity index (χ0n) is 12.2. The summed E-state index contributed by atoms with van der Waals surface area (Å²) in [6.45, 7) is 3.18. The quantitative estimate of drug-likeness (QED) is 0.914. The highest BCUT2D eigenvalue weighted by atomic mass is 32.2. The Morgan fingerprint density at radius 2 is 2.05 bits per heavy atom. The summed E-state index contributed by atoms with van der Waals surface area (Å²) < 4.78 is 28.3. The number of hydrogen-bond acceptors (Lipinski definition) is 6. The Labute approximate surface area is 128 Å². The number of hydrogen-bond donors (Lipinski definition) is 1. The second-order valence-corrected chi connectivity index (χ2v) is 7.84. The van der Waals surface area contributed by atoms with Crippen molar-refractivity contribution in [3.05, 3.63) is 18.2 Å². The average Bonchev–Trinajstić information content (AvgIpc) is 2.37. The predicted molar refractivity (Wildman–Crippen MR) is 86.7 cm³/mol.